The third-order valence-electron chi connectivity index (χ3n) is 1.29. The molecular formula is C6H24N2O13S2. The summed E-state index contributed by atoms with van der Waals surface area (Å²) in [5.41, 5.74) is 10.4. The van der Waals surface area contributed by atoms with Crippen LogP contribution in [0.3, 0.4) is 0 Å². The highest BCUT2D eigenvalue weighted by Crippen LogP contribution is 1.96. The lowest BCUT2D eigenvalue weighted by Crippen LogP contribution is -2.29. The second-order valence-electron chi connectivity index (χ2n) is 3.12. The lowest BCUT2D eigenvalue weighted by Gasteiger charge is -2.03. The highest BCUT2D eigenvalue weighted by molar-refractivity contribution is 7.80. The number of nitrogens with two attached hydrogens (primary N) is 2. The van der Waals surface area contributed by atoms with Gasteiger partial charge in [-0.25, -0.2) is 0 Å². The zero-order chi connectivity index (χ0) is 17.0. The van der Waals surface area contributed by atoms with Crippen LogP contribution in [0.25, 0.3) is 0 Å². The predicted octanol–water partition coefficient (Wildman–Crippen LogP) is -4.25. The molecule has 1 unspecified atom stereocenters. The van der Waals surface area contributed by atoms with E-state index in [2.05, 4.69) is 0 Å². The Labute approximate surface area is 132 Å². The minimum atomic E-state index is -4.67. The van der Waals surface area contributed by atoms with Crippen LogP contribution in [0.4, 0.5) is 0 Å². The number of carboxylic acids is 1. The molecule has 148 valence electrons. The van der Waals surface area contributed by atoms with E-state index in [1.807, 2.05) is 0 Å². The summed E-state index contributed by atoms with van der Waals surface area (Å²) in [6, 6.07) is -0.716. The van der Waals surface area contributed by atoms with Crippen LogP contribution < -0.4 is 11.5 Å². The second kappa shape index (κ2) is 19.1. The van der Waals surface area contributed by atoms with E-state index in [4.69, 9.17) is 51.6 Å². The van der Waals surface area contributed by atoms with E-state index in [0.717, 1.165) is 12.8 Å². The minimum absolute atomic E-state index is 0. The number of unbranched alkanes of at least 4 members (excludes halogenated alkanes) is 1. The van der Waals surface area contributed by atoms with Gasteiger partial charge in [0.2, 0.25) is 0 Å². The lowest BCUT2D eigenvalue weighted by molar-refractivity contribution is -0.138. The van der Waals surface area contributed by atoms with E-state index >= 15 is 0 Å². The molecule has 0 heterocycles. The summed E-state index contributed by atoms with van der Waals surface area (Å²) in [6.07, 6.45) is 2.16. The van der Waals surface area contributed by atoms with Crippen LogP contribution in [-0.4, -0.2) is 75.1 Å². The number of hydrogen-bond donors (Lipinski definition) is 7. The molecule has 1 atom stereocenters. The highest BCUT2D eigenvalue weighted by atomic mass is 32.3. The average Bonchev–Trinajstić information content (AvgIpc) is 2.12. The Morgan fingerprint density at radius 3 is 1.30 bits per heavy atom. The Bertz CT molecular complexity index is 401. The molecule has 0 aromatic heterocycles. The van der Waals surface area contributed by atoms with Crippen LogP contribution in [0.15, 0.2) is 0 Å². The van der Waals surface area contributed by atoms with E-state index in [9.17, 15) is 4.79 Å². The fourth-order valence-corrected chi connectivity index (χ4v) is 0.632. The van der Waals surface area contributed by atoms with E-state index in [-0.39, 0.29) is 16.4 Å². The monoisotopic (exact) mass is 396 g/mol. The van der Waals surface area contributed by atoms with E-state index in [1.54, 1.807) is 0 Å². The van der Waals surface area contributed by atoms with Crippen molar-refractivity contribution in [2.75, 3.05) is 6.54 Å². The predicted molar refractivity (Wildman–Crippen MR) is 77.7 cm³/mol. The van der Waals surface area contributed by atoms with Crippen molar-refractivity contribution in [2.24, 2.45) is 11.5 Å². The molecule has 0 aromatic rings. The van der Waals surface area contributed by atoms with Gasteiger partial charge < -0.3 is 33.0 Å². The molecule has 0 amide bonds. The van der Waals surface area contributed by atoms with Gasteiger partial charge in [-0.3, -0.25) is 23.0 Å². The number of carboxylic acid groups (broad SMARTS) is 1. The van der Waals surface area contributed by atoms with Gasteiger partial charge in [0.05, 0.1) is 0 Å². The third kappa shape index (κ3) is 118. The van der Waals surface area contributed by atoms with Crippen molar-refractivity contribution in [2.45, 2.75) is 25.3 Å². The number of hydrogen-bond acceptors (Lipinski definition) is 7. The molecule has 0 aliphatic rings. The molecule has 0 saturated heterocycles. The van der Waals surface area contributed by atoms with Crippen LogP contribution in [0, 0.1) is 0 Å². The van der Waals surface area contributed by atoms with Crippen molar-refractivity contribution in [3.63, 3.8) is 0 Å². The molecule has 0 rings (SSSR count). The van der Waals surface area contributed by atoms with Gasteiger partial charge in [0.1, 0.15) is 6.04 Å². The first-order valence-corrected chi connectivity index (χ1v) is 7.56. The van der Waals surface area contributed by atoms with Crippen LogP contribution in [0.1, 0.15) is 19.3 Å². The summed E-state index contributed by atoms with van der Waals surface area (Å²) in [5.74, 6) is -0.933. The fraction of sp³-hybridized carbons (Fsp3) is 0.833. The van der Waals surface area contributed by atoms with E-state index in [0.29, 0.717) is 13.0 Å². The van der Waals surface area contributed by atoms with Gasteiger partial charge in [0.25, 0.3) is 0 Å². The topological polar surface area (TPSA) is 333 Å². The molecule has 0 aliphatic carbocycles. The van der Waals surface area contributed by atoms with Crippen molar-refractivity contribution < 1.29 is 61.4 Å². The van der Waals surface area contributed by atoms with Gasteiger partial charge in [0, 0.05) is 0 Å². The van der Waals surface area contributed by atoms with Crippen LogP contribution in [0.2, 0.25) is 0 Å². The number of aliphatic carboxylic acids is 1. The first-order chi connectivity index (χ1) is 8.68. The molecule has 23 heavy (non-hydrogen) atoms. The molecule has 0 aromatic carbocycles. The summed E-state index contributed by atoms with van der Waals surface area (Å²) < 4.78 is 63.2. The number of rotatable bonds is 5. The molecule has 15 N–H and O–H groups in total. The molecule has 17 heteroatoms. The van der Waals surface area contributed by atoms with Crippen molar-refractivity contribution in [3.8, 4) is 0 Å². The molecule has 0 spiro atoms. The minimum Gasteiger partial charge on any atom is -0.480 e. The largest absolute Gasteiger partial charge is 0.480 e. The zero-order valence-electron chi connectivity index (χ0n) is 11.7. The zero-order valence-corrected chi connectivity index (χ0v) is 13.3. The molecule has 0 fully saturated rings. The van der Waals surface area contributed by atoms with Gasteiger partial charge in [-0.05, 0) is 19.4 Å². The first kappa shape index (κ1) is 37.9. The molecule has 15 nitrogen and oxygen atoms in total. The molecule has 0 bridgehead atoms. The van der Waals surface area contributed by atoms with Crippen molar-refractivity contribution in [1.29, 1.82) is 0 Å². The van der Waals surface area contributed by atoms with Crippen LogP contribution >= 0.6 is 0 Å². The third-order valence-corrected chi connectivity index (χ3v) is 1.29. The van der Waals surface area contributed by atoms with Gasteiger partial charge >= 0.3 is 26.8 Å². The molecule has 0 radical (unpaired) electrons. The number of carbonyl (C=O) groups is 1. The van der Waals surface area contributed by atoms with Crippen molar-refractivity contribution in [1.82, 2.24) is 0 Å². The maximum Gasteiger partial charge on any atom is 0.394 e. The van der Waals surface area contributed by atoms with E-state index in [1.165, 1.54) is 0 Å². The average molecular weight is 396 g/mol. The van der Waals surface area contributed by atoms with Crippen molar-refractivity contribution in [3.05, 3.63) is 0 Å². The standard InChI is InChI=1S/C6H14N2O2.2H2O4S.3H2O/c7-4-2-1-3-5(8)6(9)10;2*1-5(2,3)4;;;/h5H,1-4,7-8H2,(H,9,10);2*(H2,1,2,3,4);3*1H2. The summed E-state index contributed by atoms with van der Waals surface area (Å²) in [4.78, 5) is 10.1. The van der Waals surface area contributed by atoms with Gasteiger partial charge in [-0.15, -0.1) is 0 Å². The summed E-state index contributed by atoms with van der Waals surface area (Å²) in [5, 5.41) is 8.33. The SMILES string of the molecule is NCCCCC(N)C(=O)O.O.O.O.O=S(=O)(O)O.O=S(=O)(O)O. The lowest BCUT2D eigenvalue weighted by atomic mass is 10.1. The summed E-state index contributed by atoms with van der Waals surface area (Å²) in [7, 11) is -9.33. The Hall–Kier alpha value is -0.990. The van der Waals surface area contributed by atoms with E-state index < -0.39 is 32.8 Å². The van der Waals surface area contributed by atoms with Crippen molar-refractivity contribution >= 4 is 26.8 Å². The maximum absolute atomic E-state index is 10.1. The smallest absolute Gasteiger partial charge is 0.394 e. The summed E-state index contributed by atoms with van der Waals surface area (Å²) >= 11 is 0. The Balaban J connectivity index is -0.0000000483. The van der Waals surface area contributed by atoms with Gasteiger partial charge in [-0.2, -0.15) is 16.8 Å². The maximum atomic E-state index is 10.1. The van der Waals surface area contributed by atoms with Crippen LogP contribution in [0.5, 0.6) is 0 Å². The van der Waals surface area contributed by atoms with Gasteiger partial charge in [-0.1, -0.05) is 6.42 Å². The molecule has 0 aliphatic heterocycles. The second-order valence-corrected chi connectivity index (χ2v) is 4.92. The Morgan fingerprint density at radius 2 is 1.13 bits per heavy atom. The normalized spacial score (nSPS) is 10.7. The van der Waals surface area contributed by atoms with Gasteiger partial charge in [0.15, 0.2) is 0 Å². The quantitative estimate of drug-likeness (QED) is 0.171. The van der Waals surface area contributed by atoms with Crippen LogP contribution in [-0.2, 0) is 25.6 Å². The molecule has 0 saturated carbocycles. The Morgan fingerprint density at radius 1 is 0.870 bits per heavy atom. The summed E-state index contributed by atoms with van der Waals surface area (Å²) in [6.45, 7) is 0.604. The highest BCUT2D eigenvalue weighted by Gasteiger charge is 2.09. The fourth-order valence-electron chi connectivity index (χ4n) is 0.632. The first-order valence-electron chi connectivity index (χ1n) is 4.76. The Kier molecular flexibility index (Phi) is 31.4. The molecular weight excluding hydrogens is 372 g/mol.